The van der Waals surface area contributed by atoms with Crippen LogP contribution in [0.25, 0.3) is 45.3 Å². The highest BCUT2D eigenvalue weighted by molar-refractivity contribution is 5.87. The Balaban J connectivity index is 1.78. The molecule has 33 heavy (non-hydrogen) atoms. The second-order valence-electron chi connectivity index (χ2n) is 8.80. The molecule has 0 aliphatic rings. The van der Waals surface area contributed by atoms with Crippen LogP contribution in [0.4, 0.5) is 5.95 Å². The Bertz CT molecular complexity index is 1460. The first kappa shape index (κ1) is 20.6. The highest BCUT2D eigenvalue weighted by atomic mass is 15.3. The molecule has 0 bridgehead atoms. The Hall–Kier alpha value is -4.33. The molecule has 0 saturated carbocycles. The average molecular weight is 437 g/mol. The number of aromatic nitrogens is 7. The quantitative estimate of drug-likeness (QED) is 0.437. The maximum absolute atomic E-state index is 5.65. The summed E-state index contributed by atoms with van der Waals surface area (Å²) in [5.74, 6) is 1.10. The first-order valence-electron chi connectivity index (χ1n) is 10.6. The van der Waals surface area contributed by atoms with Gasteiger partial charge in [0.1, 0.15) is 18.5 Å². The summed E-state index contributed by atoms with van der Waals surface area (Å²) in [5, 5.41) is 4.35. The van der Waals surface area contributed by atoms with Gasteiger partial charge in [-0.3, -0.25) is 0 Å². The first-order valence-corrected chi connectivity index (χ1v) is 10.6. The number of hydrogen-bond acceptors (Lipinski definition) is 6. The lowest BCUT2D eigenvalue weighted by Crippen LogP contribution is -2.23. The zero-order chi connectivity index (χ0) is 23.2. The minimum absolute atomic E-state index is 0.222. The van der Waals surface area contributed by atoms with Crippen LogP contribution in [-0.2, 0) is 5.54 Å². The summed E-state index contributed by atoms with van der Waals surface area (Å²) in [7, 11) is 0. The number of benzene rings is 2. The van der Waals surface area contributed by atoms with Gasteiger partial charge in [-0.2, -0.15) is 5.10 Å². The lowest BCUT2D eigenvalue weighted by atomic mass is 10.0. The van der Waals surface area contributed by atoms with Gasteiger partial charge in [-0.1, -0.05) is 24.8 Å². The van der Waals surface area contributed by atoms with Crippen LogP contribution in [0.2, 0.25) is 0 Å². The molecule has 2 N–H and O–H groups in total. The lowest BCUT2D eigenvalue weighted by Gasteiger charge is -2.25. The van der Waals surface area contributed by atoms with Crippen molar-refractivity contribution in [2.24, 2.45) is 0 Å². The van der Waals surface area contributed by atoms with Crippen LogP contribution in [-0.4, -0.2) is 34.3 Å². The molecule has 5 aromatic rings. The van der Waals surface area contributed by atoms with Crippen LogP contribution >= 0.6 is 0 Å². The van der Waals surface area contributed by atoms with E-state index in [-0.39, 0.29) is 11.5 Å². The number of nitrogens with zero attached hydrogens (tertiary/aromatic N) is 7. The van der Waals surface area contributed by atoms with Gasteiger partial charge in [-0.25, -0.2) is 24.6 Å². The number of rotatable bonds is 4. The van der Waals surface area contributed by atoms with E-state index in [0.717, 1.165) is 44.8 Å². The predicted octanol–water partition coefficient (Wildman–Crippen LogP) is 4.72. The Morgan fingerprint density at radius 3 is 2.45 bits per heavy atom. The van der Waals surface area contributed by atoms with Gasteiger partial charge >= 0.3 is 0 Å². The van der Waals surface area contributed by atoms with Gasteiger partial charge in [0.2, 0.25) is 5.95 Å². The molecule has 164 valence electrons. The molecule has 3 heterocycles. The smallest absolute Gasteiger partial charge is 0.219 e. The van der Waals surface area contributed by atoms with Crippen molar-refractivity contribution in [3.05, 3.63) is 73.6 Å². The fourth-order valence-electron chi connectivity index (χ4n) is 4.00. The van der Waals surface area contributed by atoms with Gasteiger partial charge < -0.3 is 10.3 Å². The molecule has 8 nitrogen and oxygen atoms in total. The summed E-state index contributed by atoms with van der Waals surface area (Å²) in [5.41, 5.74) is 12.0. The van der Waals surface area contributed by atoms with E-state index in [2.05, 4.69) is 76.2 Å². The van der Waals surface area contributed by atoms with Gasteiger partial charge in [0.05, 0.1) is 16.7 Å². The largest absolute Gasteiger partial charge is 0.368 e. The zero-order valence-electron chi connectivity index (χ0n) is 18.8. The minimum atomic E-state index is -0.222. The number of hydrogen-bond donors (Lipinski definition) is 1. The average Bonchev–Trinajstić information content (AvgIpc) is 3.46. The second kappa shape index (κ2) is 7.67. The third kappa shape index (κ3) is 3.65. The summed E-state index contributed by atoms with van der Waals surface area (Å²) >= 11 is 0. The molecule has 0 aliphatic heterocycles. The van der Waals surface area contributed by atoms with Crippen LogP contribution in [0.3, 0.4) is 0 Å². The molecule has 0 atom stereocenters. The number of anilines is 1. The fourth-order valence-corrected chi connectivity index (χ4v) is 4.00. The summed E-state index contributed by atoms with van der Waals surface area (Å²) in [6.45, 7) is 10.5. The van der Waals surface area contributed by atoms with E-state index in [9.17, 15) is 0 Å². The van der Waals surface area contributed by atoms with Crippen LogP contribution in [0, 0.1) is 0 Å². The van der Waals surface area contributed by atoms with Crippen LogP contribution in [0.15, 0.2) is 68.0 Å². The molecule has 8 heteroatoms. The number of nitrogen functional groups attached to an aromatic ring is 1. The molecule has 2 aromatic carbocycles. The van der Waals surface area contributed by atoms with Gasteiger partial charge in [-0.15, -0.1) is 0 Å². The van der Waals surface area contributed by atoms with Crippen LogP contribution in [0.1, 0.15) is 26.3 Å². The van der Waals surface area contributed by atoms with Crippen molar-refractivity contribution in [1.82, 2.24) is 34.3 Å². The molecule has 3 aromatic heterocycles. The number of nitrogens with two attached hydrogens (primary N) is 1. The van der Waals surface area contributed by atoms with E-state index >= 15 is 0 Å². The maximum atomic E-state index is 5.65. The molecular weight excluding hydrogens is 412 g/mol. The Morgan fingerprint density at radius 1 is 1.00 bits per heavy atom. The van der Waals surface area contributed by atoms with Gasteiger partial charge in [0.15, 0.2) is 0 Å². The second-order valence-corrected chi connectivity index (χ2v) is 8.80. The predicted molar refractivity (Wildman–Crippen MR) is 131 cm³/mol. The highest BCUT2D eigenvalue weighted by Crippen LogP contribution is 2.36. The molecule has 0 saturated heterocycles. The van der Waals surface area contributed by atoms with Gasteiger partial charge in [-0.05, 0) is 56.2 Å². The Labute approximate surface area is 191 Å². The molecule has 0 spiro atoms. The van der Waals surface area contributed by atoms with E-state index in [0.29, 0.717) is 0 Å². The fraction of sp³-hybridized carbons (Fsp3) is 0.160. The zero-order valence-corrected chi connectivity index (χ0v) is 18.8. The maximum Gasteiger partial charge on any atom is 0.219 e. The standard InChI is InChI=1S/C25H24N8/c1-5-16-6-8-21(32-15-27-14-30-32)19(10-16)23-31-20-11-17(18-12-28-24(26)29-13-18)7-9-22(20)33(23)25(2,3)4/h5-15H,1H2,2-4H3,(H2,26,28,29). The third-order valence-corrected chi connectivity index (χ3v) is 5.49. The molecule has 0 radical (unpaired) electrons. The normalized spacial score (nSPS) is 11.7. The van der Waals surface area contributed by atoms with E-state index in [1.807, 2.05) is 18.2 Å². The van der Waals surface area contributed by atoms with Crippen molar-refractivity contribution in [2.45, 2.75) is 26.3 Å². The van der Waals surface area contributed by atoms with Crippen molar-refractivity contribution in [3.8, 4) is 28.2 Å². The molecule has 0 unspecified atom stereocenters. The van der Waals surface area contributed by atoms with Crippen LogP contribution in [0.5, 0.6) is 0 Å². The van der Waals surface area contributed by atoms with Crippen molar-refractivity contribution in [1.29, 1.82) is 0 Å². The lowest BCUT2D eigenvalue weighted by molar-refractivity contribution is 0.413. The first-order chi connectivity index (χ1) is 15.8. The monoisotopic (exact) mass is 436 g/mol. The topological polar surface area (TPSA) is 100 Å². The number of fused-ring (bicyclic) bond motifs is 1. The van der Waals surface area contributed by atoms with E-state index in [1.165, 1.54) is 6.33 Å². The third-order valence-electron chi connectivity index (χ3n) is 5.49. The van der Waals surface area contributed by atoms with Crippen molar-refractivity contribution in [3.63, 3.8) is 0 Å². The van der Waals surface area contributed by atoms with E-state index in [4.69, 9.17) is 10.7 Å². The highest BCUT2D eigenvalue weighted by Gasteiger charge is 2.25. The van der Waals surface area contributed by atoms with Crippen molar-refractivity contribution >= 4 is 23.1 Å². The summed E-state index contributed by atoms with van der Waals surface area (Å²) in [6, 6.07) is 12.3. The Morgan fingerprint density at radius 2 is 1.79 bits per heavy atom. The van der Waals surface area contributed by atoms with Crippen molar-refractivity contribution < 1.29 is 0 Å². The molecular formula is C25H24N8. The van der Waals surface area contributed by atoms with E-state index in [1.54, 1.807) is 23.4 Å². The SMILES string of the molecule is C=Cc1ccc(-n2cncn2)c(-c2nc3cc(-c4cnc(N)nc4)ccc3n2C(C)(C)C)c1. The molecule has 0 fully saturated rings. The summed E-state index contributed by atoms with van der Waals surface area (Å²) in [4.78, 5) is 17.5. The molecule has 0 aliphatic carbocycles. The van der Waals surface area contributed by atoms with Gasteiger partial charge in [0, 0.05) is 29.1 Å². The van der Waals surface area contributed by atoms with Crippen molar-refractivity contribution in [2.75, 3.05) is 5.73 Å². The molecule has 5 rings (SSSR count). The summed E-state index contributed by atoms with van der Waals surface area (Å²) in [6.07, 6.45) is 8.50. The summed E-state index contributed by atoms with van der Waals surface area (Å²) < 4.78 is 4.01. The van der Waals surface area contributed by atoms with Gasteiger partial charge in [0.25, 0.3) is 0 Å². The Kier molecular flexibility index (Phi) is 4.78. The van der Waals surface area contributed by atoms with E-state index < -0.39 is 0 Å². The number of imidazole rings is 1. The minimum Gasteiger partial charge on any atom is -0.368 e. The molecule has 0 amide bonds. The van der Waals surface area contributed by atoms with Crippen LogP contribution < -0.4 is 5.73 Å².